The molecule has 1 aromatic rings. The lowest BCUT2D eigenvalue weighted by Gasteiger charge is -2.33. The van der Waals surface area contributed by atoms with E-state index in [2.05, 4.69) is 5.32 Å². The van der Waals surface area contributed by atoms with Gasteiger partial charge in [-0.1, -0.05) is 23.2 Å². The van der Waals surface area contributed by atoms with E-state index in [0.29, 0.717) is 20.8 Å². The molecule has 3 nitrogen and oxygen atoms in total. The van der Waals surface area contributed by atoms with Gasteiger partial charge in [0.1, 0.15) is 4.34 Å². The molecule has 1 aromatic heterocycles. The first-order chi connectivity index (χ1) is 7.59. The molecule has 0 aromatic carbocycles. The molecule has 0 radical (unpaired) electrons. The smallest absolute Gasteiger partial charge is 0.256 e. The van der Waals surface area contributed by atoms with Crippen molar-refractivity contribution in [2.45, 2.75) is 13.0 Å². The fourth-order valence-corrected chi connectivity index (χ4v) is 3.23. The first-order valence-electron chi connectivity index (χ1n) is 5.06. The molecule has 6 heteroatoms. The molecule has 1 amide bonds. The minimum atomic E-state index is -0.0258. The van der Waals surface area contributed by atoms with Gasteiger partial charge in [-0.15, -0.1) is 11.3 Å². The van der Waals surface area contributed by atoms with Crippen LogP contribution in [0.15, 0.2) is 6.07 Å². The lowest BCUT2D eigenvalue weighted by molar-refractivity contribution is 0.0656. The Hall–Kier alpha value is -0.290. The number of piperazine rings is 1. The molecule has 0 saturated carbocycles. The quantitative estimate of drug-likeness (QED) is 0.856. The molecule has 1 aliphatic rings. The summed E-state index contributed by atoms with van der Waals surface area (Å²) in [4.78, 5) is 14.0. The number of carbonyl (C=O) groups excluding carboxylic acids is 1. The zero-order valence-corrected chi connectivity index (χ0v) is 11.1. The number of thiophene rings is 1. The van der Waals surface area contributed by atoms with Gasteiger partial charge in [-0.3, -0.25) is 4.79 Å². The van der Waals surface area contributed by atoms with Crippen LogP contribution in [0.1, 0.15) is 17.3 Å². The minimum absolute atomic E-state index is 0.0258. The van der Waals surface area contributed by atoms with Crippen LogP contribution in [0, 0.1) is 0 Å². The van der Waals surface area contributed by atoms with Crippen molar-refractivity contribution >= 4 is 40.4 Å². The largest absolute Gasteiger partial charge is 0.333 e. The molecule has 0 aliphatic carbocycles. The van der Waals surface area contributed by atoms with E-state index < -0.39 is 0 Å². The van der Waals surface area contributed by atoms with Crippen molar-refractivity contribution in [1.29, 1.82) is 0 Å². The van der Waals surface area contributed by atoms with Gasteiger partial charge in [0.05, 0.1) is 9.90 Å². The van der Waals surface area contributed by atoms with Gasteiger partial charge in [0.2, 0.25) is 0 Å². The van der Waals surface area contributed by atoms with Crippen LogP contribution in [0.4, 0.5) is 0 Å². The summed E-state index contributed by atoms with van der Waals surface area (Å²) >= 11 is 13.0. The summed E-state index contributed by atoms with van der Waals surface area (Å²) in [5, 5.41) is 3.24. The van der Waals surface area contributed by atoms with Gasteiger partial charge in [-0.05, 0) is 13.0 Å². The van der Waals surface area contributed by atoms with Crippen LogP contribution in [0.5, 0.6) is 0 Å². The van der Waals surface area contributed by atoms with E-state index in [0.717, 1.165) is 13.1 Å². The minimum Gasteiger partial charge on any atom is -0.333 e. The second kappa shape index (κ2) is 4.92. The molecule has 1 atom stereocenters. The summed E-state index contributed by atoms with van der Waals surface area (Å²) in [5.41, 5.74) is 0.519. The van der Waals surface area contributed by atoms with Crippen LogP contribution >= 0.6 is 34.5 Å². The van der Waals surface area contributed by atoms with E-state index in [1.165, 1.54) is 11.3 Å². The maximum absolute atomic E-state index is 12.2. The Morgan fingerprint density at radius 1 is 1.62 bits per heavy atom. The van der Waals surface area contributed by atoms with E-state index in [-0.39, 0.29) is 11.9 Å². The summed E-state index contributed by atoms with van der Waals surface area (Å²) in [7, 11) is 0. The number of nitrogens with zero attached hydrogens (tertiary/aromatic N) is 1. The number of hydrogen-bond donors (Lipinski definition) is 1. The molecule has 1 fully saturated rings. The molecule has 88 valence electrons. The highest BCUT2D eigenvalue weighted by atomic mass is 35.5. The number of halogens is 2. The van der Waals surface area contributed by atoms with Crippen LogP contribution in [0.25, 0.3) is 0 Å². The molecular formula is C10H12Cl2N2OS. The van der Waals surface area contributed by atoms with Crippen LogP contribution < -0.4 is 5.32 Å². The Morgan fingerprint density at radius 3 is 2.94 bits per heavy atom. The SMILES string of the molecule is C[C@@H]1CNCCN1C(=O)c1cc(Cl)sc1Cl. The summed E-state index contributed by atoms with van der Waals surface area (Å²) in [6.45, 7) is 4.38. The molecule has 2 rings (SSSR count). The lowest BCUT2D eigenvalue weighted by Crippen LogP contribution is -2.52. The summed E-state index contributed by atoms with van der Waals surface area (Å²) < 4.78 is 1.02. The van der Waals surface area contributed by atoms with Gasteiger partial charge >= 0.3 is 0 Å². The fraction of sp³-hybridized carbons (Fsp3) is 0.500. The molecule has 0 bridgehead atoms. The Labute approximate surface area is 108 Å². The highest BCUT2D eigenvalue weighted by molar-refractivity contribution is 7.20. The average Bonchev–Trinajstić information content (AvgIpc) is 2.58. The first-order valence-corrected chi connectivity index (χ1v) is 6.63. The van der Waals surface area contributed by atoms with Crippen LogP contribution in [0.3, 0.4) is 0 Å². The Kier molecular flexibility index (Phi) is 3.74. The van der Waals surface area contributed by atoms with Crippen LogP contribution in [-0.4, -0.2) is 36.5 Å². The number of hydrogen-bond acceptors (Lipinski definition) is 3. The Bertz CT molecular complexity index is 408. The van der Waals surface area contributed by atoms with Gasteiger partial charge in [0.15, 0.2) is 0 Å². The van der Waals surface area contributed by atoms with Crippen molar-refractivity contribution in [3.63, 3.8) is 0 Å². The fourth-order valence-electron chi connectivity index (χ4n) is 1.78. The van der Waals surface area contributed by atoms with Crippen molar-refractivity contribution < 1.29 is 4.79 Å². The second-order valence-electron chi connectivity index (χ2n) is 3.79. The number of rotatable bonds is 1. The third-order valence-electron chi connectivity index (χ3n) is 2.65. The monoisotopic (exact) mass is 278 g/mol. The molecule has 0 spiro atoms. The first kappa shape index (κ1) is 12.2. The summed E-state index contributed by atoms with van der Waals surface area (Å²) in [6.07, 6.45) is 0. The van der Waals surface area contributed by atoms with Crippen molar-refractivity contribution in [3.8, 4) is 0 Å². The zero-order valence-electron chi connectivity index (χ0n) is 8.80. The van der Waals surface area contributed by atoms with Crippen molar-refractivity contribution in [2.75, 3.05) is 19.6 Å². The predicted octanol–water partition coefficient (Wildman–Crippen LogP) is 2.49. The van der Waals surface area contributed by atoms with Gasteiger partial charge in [-0.2, -0.15) is 0 Å². The zero-order chi connectivity index (χ0) is 11.7. The number of amides is 1. The summed E-state index contributed by atoms with van der Waals surface area (Å²) in [5.74, 6) is -0.0258. The highest BCUT2D eigenvalue weighted by Gasteiger charge is 2.26. The normalized spacial score (nSPS) is 21.2. The predicted molar refractivity (Wildman–Crippen MR) is 67.7 cm³/mol. The van der Waals surface area contributed by atoms with Crippen molar-refractivity contribution in [2.24, 2.45) is 0 Å². The number of nitrogens with one attached hydrogen (secondary N) is 1. The lowest BCUT2D eigenvalue weighted by atomic mass is 10.2. The Balaban J connectivity index is 2.21. The van der Waals surface area contributed by atoms with Gasteiger partial charge < -0.3 is 10.2 Å². The van der Waals surface area contributed by atoms with E-state index in [4.69, 9.17) is 23.2 Å². The van der Waals surface area contributed by atoms with E-state index in [9.17, 15) is 4.79 Å². The van der Waals surface area contributed by atoms with Gasteiger partial charge in [0.25, 0.3) is 5.91 Å². The molecule has 0 unspecified atom stereocenters. The molecule has 2 heterocycles. The average molecular weight is 279 g/mol. The number of carbonyl (C=O) groups is 1. The van der Waals surface area contributed by atoms with Crippen LogP contribution in [-0.2, 0) is 0 Å². The van der Waals surface area contributed by atoms with E-state index >= 15 is 0 Å². The van der Waals surface area contributed by atoms with Gasteiger partial charge in [-0.25, -0.2) is 0 Å². The maximum Gasteiger partial charge on any atom is 0.256 e. The third kappa shape index (κ3) is 2.35. The third-order valence-corrected chi connectivity index (χ3v) is 4.14. The van der Waals surface area contributed by atoms with Crippen molar-refractivity contribution in [3.05, 3.63) is 20.3 Å². The highest BCUT2D eigenvalue weighted by Crippen LogP contribution is 2.32. The molecule has 1 N–H and O–H groups in total. The molecular weight excluding hydrogens is 267 g/mol. The van der Waals surface area contributed by atoms with Gasteiger partial charge in [0, 0.05) is 25.7 Å². The molecule has 1 saturated heterocycles. The molecule has 1 aliphatic heterocycles. The van der Waals surface area contributed by atoms with E-state index in [1.54, 1.807) is 6.07 Å². The molecule has 16 heavy (non-hydrogen) atoms. The second-order valence-corrected chi connectivity index (χ2v) is 6.08. The summed E-state index contributed by atoms with van der Waals surface area (Å²) in [6, 6.07) is 1.84. The van der Waals surface area contributed by atoms with Crippen molar-refractivity contribution in [1.82, 2.24) is 10.2 Å². The van der Waals surface area contributed by atoms with E-state index in [1.807, 2.05) is 11.8 Å². The Morgan fingerprint density at radius 2 is 2.38 bits per heavy atom. The van der Waals surface area contributed by atoms with Crippen LogP contribution in [0.2, 0.25) is 8.67 Å². The standard InChI is InChI=1S/C10H12Cl2N2OS/c1-6-5-13-2-3-14(6)10(15)7-4-8(11)16-9(7)12/h4,6,13H,2-3,5H2,1H3/t6-/m1/s1. The topological polar surface area (TPSA) is 32.3 Å². The maximum atomic E-state index is 12.2.